The molecule has 3 N–H and O–H groups in total. The third-order valence-electron chi connectivity index (χ3n) is 2.67. The van der Waals surface area contributed by atoms with Gasteiger partial charge >= 0.3 is 5.97 Å². The molecule has 84 valence electrons. The minimum atomic E-state index is -1.16. The number of rotatable bonds is 1. The van der Waals surface area contributed by atoms with E-state index in [9.17, 15) is 4.79 Å². The Kier molecular flexibility index (Phi) is 4.59. The monoisotopic (exact) mass is 249 g/mol. The summed E-state index contributed by atoms with van der Waals surface area (Å²) in [5.41, 5.74) is 6.49. The topological polar surface area (TPSA) is 63.3 Å². The second kappa shape index (κ2) is 4.84. The number of fused-ring (bicyclic) bond motifs is 1. The zero-order chi connectivity index (χ0) is 9.47. The molecule has 0 spiro atoms. The number of carboxylic acids is 1. The highest BCUT2D eigenvalue weighted by molar-refractivity contribution is 5.85. The maximum atomic E-state index is 11.0. The minimum Gasteiger partial charge on any atom is -0.480 e. The summed E-state index contributed by atoms with van der Waals surface area (Å²) in [5.74, 6) is -0.933. The van der Waals surface area contributed by atoms with Crippen LogP contribution in [0.15, 0.2) is 24.3 Å². The zero-order valence-corrected chi connectivity index (χ0v) is 9.61. The molecule has 1 aromatic carbocycles. The predicted molar refractivity (Wildman–Crippen MR) is 62.8 cm³/mol. The highest BCUT2D eigenvalue weighted by Crippen LogP contribution is 2.34. The molecule has 0 saturated carbocycles. The van der Waals surface area contributed by atoms with Crippen molar-refractivity contribution in [3.05, 3.63) is 35.4 Å². The van der Waals surface area contributed by atoms with E-state index in [1.807, 2.05) is 18.2 Å². The average Bonchev–Trinajstić information content (AvgIpc) is 2.47. The standard InChI is InChI=1S/C10H11NO2.2ClH/c11-10(9(12)13)6-5-7-3-1-2-4-8(7)10;;/h1-4H,5-6,11H2,(H,12,13);2*1H. The Labute approximate surface area is 100 Å². The first-order chi connectivity index (χ1) is 6.14. The summed E-state index contributed by atoms with van der Waals surface area (Å²) in [7, 11) is 0. The van der Waals surface area contributed by atoms with Gasteiger partial charge in [-0.3, -0.25) is 0 Å². The van der Waals surface area contributed by atoms with Crippen LogP contribution < -0.4 is 5.73 Å². The molecule has 0 amide bonds. The summed E-state index contributed by atoms with van der Waals surface area (Å²) in [6.07, 6.45) is 1.26. The van der Waals surface area contributed by atoms with Crippen molar-refractivity contribution in [1.82, 2.24) is 0 Å². The van der Waals surface area contributed by atoms with Gasteiger partial charge in [0.1, 0.15) is 5.54 Å². The number of aryl methyl sites for hydroxylation is 1. The fraction of sp³-hybridized carbons (Fsp3) is 0.300. The molecule has 0 heterocycles. The van der Waals surface area contributed by atoms with E-state index in [0.29, 0.717) is 6.42 Å². The number of carbonyl (C=O) groups is 1. The van der Waals surface area contributed by atoms with Gasteiger partial charge < -0.3 is 10.8 Å². The van der Waals surface area contributed by atoms with Crippen LogP contribution >= 0.6 is 24.8 Å². The highest BCUT2D eigenvalue weighted by Gasteiger charge is 2.41. The summed E-state index contributed by atoms with van der Waals surface area (Å²) >= 11 is 0. The maximum Gasteiger partial charge on any atom is 0.328 e. The van der Waals surface area contributed by atoms with Gasteiger partial charge in [-0.1, -0.05) is 24.3 Å². The van der Waals surface area contributed by atoms with Crippen molar-refractivity contribution in [2.45, 2.75) is 18.4 Å². The van der Waals surface area contributed by atoms with Gasteiger partial charge in [0.15, 0.2) is 0 Å². The third-order valence-corrected chi connectivity index (χ3v) is 2.67. The molecule has 0 aromatic heterocycles. The molecule has 5 heteroatoms. The first-order valence-electron chi connectivity index (χ1n) is 4.25. The van der Waals surface area contributed by atoms with Gasteiger partial charge in [-0.15, -0.1) is 24.8 Å². The molecule has 1 atom stereocenters. The number of nitrogens with two attached hydrogens (primary N) is 1. The first-order valence-corrected chi connectivity index (χ1v) is 4.25. The summed E-state index contributed by atoms with van der Waals surface area (Å²) < 4.78 is 0. The lowest BCUT2D eigenvalue weighted by Gasteiger charge is -2.19. The normalized spacial score (nSPS) is 22.2. The van der Waals surface area contributed by atoms with Crippen LogP contribution in [-0.2, 0) is 16.8 Å². The van der Waals surface area contributed by atoms with E-state index in [1.54, 1.807) is 6.07 Å². The third kappa shape index (κ3) is 2.09. The van der Waals surface area contributed by atoms with E-state index in [2.05, 4.69) is 0 Å². The molecule has 1 aliphatic rings. The van der Waals surface area contributed by atoms with Gasteiger partial charge in [0.25, 0.3) is 0 Å². The van der Waals surface area contributed by atoms with Crippen LogP contribution in [0.3, 0.4) is 0 Å². The summed E-state index contributed by atoms with van der Waals surface area (Å²) in [4.78, 5) is 11.0. The van der Waals surface area contributed by atoms with Crippen LogP contribution in [0.2, 0.25) is 0 Å². The van der Waals surface area contributed by atoms with Crippen LogP contribution in [0.1, 0.15) is 17.5 Å². The molecule has 0 radical (unpaired) electrons. The average molecular weight is 250 g/mol. The molecule has 1 unspecified atom stereocenters. The second-order valence-electron chi connectivity index (χ2n) is 3.43. The van der Waals surface area contributed by atoms with E-state index in [0.717, 1.165) is 17.5 Å². The molecule has 15 heavy (non-hydrogen) atoms. The van der Waals surface area contributed by atoms with Gasteiger partial charge in [0, 0.05) is 0 Å². The van der Waals surface area contributed by atoms with Crippen LogP contribution in [0.25, 0.3) is 0 Å². The van der Waals surface area contributed by atoms with Crippen LogP contribution in [-0.4, -0.2) is 11.1 Å². The van der Waals surface area contributed by atoms with Crippen molar-refractivity contribution in [2.75, 3.05) is 0 Å². The van der Waals surface area contributed by atoms with E-state index >= 15 is 0 Å². The number of hydrogen-bond donors (Lipinski definition) is 2. The number of halogens is 2. The van der Waals surface area contributed by atoms with E-state index < -0.39 is 11.5 Å². The molecular weight excluding hydrogens is 237 g/mol. The smallest absolute Gasteiger partial charge is 0.328 e. The van der Waals surface area contributed by atoms with Gasteiger partial charge in [-0.05, 0) is 24.0 Å². The Morgan fingerprint density at radius 2 is 1.93 bits per heavy atom. The molecule has 1 aromatic rings. The fourth-order valence-electron chi connectivity index (χ4n) is 1.86. The highest BCUT2D eigenvalue weighted by atomic mass is 35.5. The Balaban J connectivity index is 0.000000980. The predicted octanol–water partition coefficient (Wildman–Crippen LogP) is 1.72. The van der Waals surface area contributed by atoms with Crippen LogP contribution in [0, 0.1) is 0 Å². The lowest BCUT2D eigenvalue weighted by atomic mass is 9.93. The van der Waals surface area contributed by atoms with E-state index in [4.69, 9.17) is 10.8 Å². The number of hydrogen-bond acceptors (Lipinski definition) is 2. The zero-order valence-electron chi connectivity index (χ0n) is 7.97. The maximum absolute atomic E-state index is 11.0. The molecule has 1 aliphatic carbocycles. The van der Waals surface area contributed by atoms with E-state index in [1.165, 1.54) is 0 Å². The molecular formula is C10H13Cl2NO2. The number of aliphatic carboxylic acids is 1. The Hall–Kier alpha value is -0.770. The van der Waals surface area contributed by atoms with Crippen molar-refractivity contribution in [3.63, 3.8) is 0 Å². The molecule has 0 aliphatic heterocycles. The van der Waals surface area contributed by atoms with Crippen molar-refractivity contribution >= 4 is 30.8 Å². The van der Waals surface area contributed by atoms with Gasteiger partial charge in [-0.25, -0.2) is 4.79 Å². The molecule has 0 saturated heterocycles. The second-order valence-corrected chi connectivity index (χ2v) is 3.43. The number of benzene rings is 1. The quantitative estimate of drug-likeness (QED) is 0.797. The van der Waals surface area contributed by atoms with Gasteiger partial charge in [0.2, 0.25) is 0 Å². The Bertz CT molecular complexity index is 370. The lowest BCUT2D eigenvalue weighted by molar-refractivity contribution is -0.143. The largest absolute Gasteiger partial charge is 0.480 e. The fourth-order valence-corrected chi connectivity index (χ4v) is 1.86. The molecule has 0 bridgehead atoms. The van der Waals surface area contributed by atoms with Crippen molar-refractivity contribution in [1.29, 1.82) is 0 Å². The van der Waals surface area contributed by atoms with Crippen molar-refractivity contribution in [2.24, 2.45) is 5.73 Å². The Morgan fingerprint density at radius 3 is 2.53 bits per heavy atom. The van der Waals surface area contributed by atoms with Gasteiger partial charge in [-0.2, -0.15) is 0 Å². The Morgan fingerprint density at radius 1 is 1.33 bits per heavy atom. The minimum absolute atomic E-state index is 0. The van der Waals surface area contributed by atoms with Gasteiger partial charge in [0.05, 0.1) is 0 Å². The summed E-state index contributed by atoms with van der Waals surface area (Å²) in [6, 6.07) is 7.48. The van der Waals surface area contributed by atoms with Crippen LogP contribution in [0.5, 0.6) is 0 Å². The number of carboxylic acid groups (broad SMARTS) is 1. The summed E-state index contributed by atoms with van der Waals surface area (Å²) in [6.45, 7) is 0. The van der Waals surface area contributed by atoms with Crippen molar-refractivity contribution in [3.8, 4) is 0 Å². The first kappa shape index (κ1) is 14.2. The SMILES string of the molecule is Cl.Cl.NC1(C(=O)O)CCc2ccccc21. The lowest BCUT2D eigenvalue weighted by Crippen LogP contribution is -2.42. The molecule has 2 rings (SSSR count). The van der Waals surface area contributed by atoms with Crippen LogP contribution in [0.4, 0.5) is 0 Å². The van der Waals surface area contributed by atoms with Crippen molar-refractivity contribution < 1.29 is 9.90 Å². The molecule has 3 nitrogen and oxygen atoms in total. The van der Waals surface area contributed by atoms with E-state index in [-0.39, 0.29) is 24.8 Å². The summed E-state index contributed by atoms with van der Waals surface area (Å²) in [5, 5.41) is 8.99. The molecule has 0 fully saturated rings.